The van der Waals surface area contributed by atoms with Gasteiger partial charge in [0, 0.05) is 41.8 Å². The number of carbonyl (C=O) groups is 2. The highest BCUT2D eigenvalue weighted by molar-refractivity contribution is 6.07. The van der Waals surface area contributed by atoms with Crippen LogP contribution in [-0.4, -0.2) is 61.2 Å². The summed E-state index contributed by atoms with van der Waals surface area (Å²) >= 11 is 0. The lowest BCUT2D eigenvalue weighted by atomic mass is 9.90. The molecule has 0 saturated heterocycles. The lowest BCUT2D eigenvalue weighted by Crippen LogP contribution is -2.44. The summed E-state index contributed by atoms with van der Waals surface area (Å²) in [6.45, 7) is 12.3. The Balaban J connectivity index is 1.37. The third-order valence-corrected chi connectivity index (χ3v) is 7.77. The molecule has 1 aliphatic carbocycles. The van der Waals surface area contributed by atoms with Crippen molar-refractivity contribution < 1.29 is 19.1 Å². The van der Waals surface area contributed by atoms with Crippen LogP contribution < -0.4 is 0 Å². The van der Waals surface area contributed by atoms with Crippen molar-refractivity contribution in [3.8, 4) is 0 Å². The van der Waals surface area contributed by atoms with Crippen LogP contribution in [0.4, 0.5) is 9.59 Å². The number of H-pyrrole nitrogens is 1. The van der Waals surface area contributed by atoms with E-state index >= 15 is 0 Å². The first kappa shape index (κ1) is 31.4. The normalized spacial score (nSPS) is 15.4. The molecule has 2 amide bonds. The molecule has 44 heavy (non-hydrogen) atoms. The van der Waals surface area contributed by atoms with Gasteiger partial charge in [-0.2, -0.15) is 0 Å². The standard InChI is InChI=1S/C35H45N5O4/c1-34(2,3)43-32(41)40(33(42)44-35(4,5)6)22-10-9-21-39(29-17-11-13-24-14-12-19-37-30(24)29)23-28-31-26(18-20-36-28)25-15-7-8-16-27(25)38-31/h7-8,12,14-16,18-20,29,38H,9-11,13,17,21-23H2,1-6H3/t29-/m0/s1. The summed E-state index contributed by atoms with van der Waals surface area (Å²) in [5, 5.41) is 2.35. The van der Waals surface area contributed by atoms with Gasteiger partial charge >= 0.3 is 12.2 Å². The predicted octanol–water partition coefficient (Wildman–Crippen LogP) is 7.94. The molecule has 5 rings (SSSR count). The highest BCUT2D eigenvalue weighted by atomic mass is 16.6. The second-order valence-corrected chi connectivity index (χ2v) is 13.6. The molecule has 3 aromatic heterocycles. The number of aromatic nitrogens is 3. The average molecular weight is 600 g/mol. The Hall–Kier alpha value is -3.98. The van der Waals surface area contributed by atoms with Gasteiger partial charge < -0.3 is 14.5 Å². The first-order valence-corrected chi connectivity index (χ1v) is 15.7. The number of ether oxygens (including phenoxy) is 2. The van der Waals surface area contributed by atoms with Crippen molar-refractivity contribution in [2.45, 2.75) is 97.4 Å². The van der Waals surface area contributed by atoms with Gasteiger partial charge in [0.1, 0.15) is 11.2 Å². The third-order valence-electron chi connectivity index (χ3n) is 7.77. The summed E-state index contributed by atoms with van der Waals surface area (Å²) in [4.78, 5) is 42.8. The summed E-state index contributed by atoms with van der Waals surface area (Å²) in [5.74, 6) is 0. The molecule has 0 fully saturated rings. The van der Waals surface area contributed by atoms with Gasteiger partial charge in [0.2, 0.25) is 0 Å². The van der Waals surface area contributed by atoms with Crippen molar-refractivity contribution in [2.24, 2.45) is 0 Å². The minimum absolute atomic E-state index is 0.147. The number of para-hydroxylation sites is 1. The molecule has 9 heteroatoms. The fourth-order valence-corrected chi connectivity index (χ4v) is 5.90. The predicted molar refractivity (Wildman–Crippen MR) is 172 cm³/mol. The number of imide groups is 1. The Morgan fingerprint density at radius 2 is 1.57 bits per heavy atom. The maximum Gasteiger partial charge on any atom is 0.419 e. The molecule has 3 heterocycles. The van der Waals surface area contributed by atoms with Crippen molar-refractivity contribution in [1.29, 1.82) is 0 Å². The molecule has 0 spiro atoms. The van der Waals surface area contributed by atoms with Crippen LogP contribution in [-0.2, 0) is 22.4 Å². The number of amides is 2. The summed E-state index contributed by atoms with van der Waals surface area (Å²) < 4.78 is 11.1. The van der Waals surface area contributed by atoms with Gasteiger partial charge in [-0.1, -0.05) is 24.3 Å². The Morgan fingerprint density at radius 3 is 2.30 bits per heavy atom. The molecule has 234 valence electrons. The van der Waals surface area contributed by atoms with E-state index in [1.807, 2.05) is 24.5 Å². The van der Waals surface area contributed by atoms with Crippen molar-refractivity contribution in [2.75, 3.05) is 13.1 Å². The lowest BCUT2D eigenvalue weighted by molar-refractivity contribution is 0.00101. The Kier molecular flexibility index (Phi) is 9.25. The van der Waals surface area contributed by atoms with Gasteiger partial charge in [-0.25, -0.2) is 14.5 Å². The van der Waals surface area contributed by atoms with Crippen LogP contribution in [0, 0.1) is 0 Å². The van der Waals surface area contributed by atoms with Crippen LogP contribution in [0.25, 0.3) is 21.8 Å². The van der Waals surface area contributed by atoms with E-state index in [9.17, 15) is 9.59 Å². The van der Waals surface area contributed by atoms with Crippen molar-refractivity contribution in [3.63, 3.8) is 0 Å². The number of nitrogens with one attached hydrogen (secondary N) is 1. The van der Waals surface area contributed by atoms with E-state index in [1.165, 1.54) is 10.9 Å². The van der Waals surface area contributed by atoms with E-state index in [1.54, 1.807) is 41.5 Å². The van der Waals surface area contributed by atoms with Crippen LogP contribution in [0.1, 0.15) is 90.2 Å². The second-order valence-electron chi connectivity index (χ2n) is 13.6. The zero-order valence-corrected chi connectivity index (χ0v) is 26.9. The van der Waals surface area contributed by atoms with Gasteiger partial charge in [0.15, 0.2) is 0 Å². The molecule has 0 saturated carbocycles. The molecule has 1 N–H and O–H groups in total. The van der Waals surface area contributed by atoms with Gasteiger partial charge in [-0.3, -0.25) is 14.9 Å². The summed E-state index contributed by atoms with van der Waals surface area (Å²) in [6.07, 6.45) is 6.87. The molecule has 1 atom stereocenters. The number of carbonyl (C=O) groups excluding carboxylic acids is 2. The summed E-state index contributed by atoms with van der Waals surface area (Å²) in [6, 6.07) is 14.8. The molecular formula is C35H45N5O4. The number of pyridine rings is 2. The number of rotatable bonds is 8. The average Bonchev–Trinajstić information content (AvgIpc) is 3.34. The lowest BCUT2D eigenvalue weighted by Gasteiger charge is -2.35. The number of hydrogen-bond donors (Lipinski definition) is 1. The van der Waals surface area contributed by atoms with Gasteiger partial charge in [0.25, 0.3) is 0 Å². The number of aryl methyl sites for hydroxylation is 1. The van der Waals surface area contributed by atoms with Gasteiger partial charge in [-0.15, -0.1) is 0 Å². The van der Waals surface area contributed by atoms with E-state index < -0.39 is 23.4 Å². The Morgan fingerprint density at radius 1 is 0.864 bits per heavy atom. The van der Waals surface area contributed by atoms with Crippen LogP contribution in [0.15, 0.2) is 54.9 Å². The highest BCUT2D eigenvalue weighted by Crippen LogP contribution is 2.35. The van der Waals surface area contributed by atoms with Crippen molar-refractivity contribution >= 4 is 34.0 Å². The topological polar surface area (TPSA) is 101 Å². The van der Waals surface area contributed by atoms with E-state index in [4.69, 9.17) is 19.4 Å². The molecular weight excluding hydrogens is 554 g/mol. The largest absolute Gasteiger partial charge is 0.443 e. The molecule has 1 aromatic carbocycles. The molecule has 9 nitrogen and oxygen atoms in total. The van der Waals surface area contributed by atoms with Crippen LogP contribution in [0.2, 0.25) is 0 Å². The van der Waals surface area contributed by atoms with Crippen molar-refractivity contribution in [3.05, 3.63) is 71.8 Å². The maximum absolute atomic E-state index is 13.0. The summed E-state index contributed by atoms with van der Waals surface area (Å²) in [5.41, 5.74) is 4.11. The monoisotopic (exact) mass is 599 g/mol. The highest BCUT2D eigenvalue weighted by Gasteiger charge is 2.32. The maximum atomic E-state index is 13.0. The van der Waals surface area contributed by atoms with Gasteiger partial charge in [-0.05, 0) is 104 Å². The smallest absolute Gasteiger partial charge is 0.419 e. The van der Waals surface area contributed by atoms with E-state index in [0.29, 0.717) is 13.0 Å². The molecule has 0 unspecified atom stereocenters. The zero-order valence-electron chi connectivity index (χ0n) is 26.9. The van der Waals surface area contributed by atoms with E-state index in [2.05, 4.69) is 40.2 Å². The number of fused-ring (bicyclic) bond motifs is 4. The van der Waals surface area contributed by atoms with Crippen LogP contribution in [0.3, 0.4) is 0 Å². The summed E-state index contributed by atoms with van der Waals surface area (Å²) in [7, 11) is 0. The second kappa shape index (κ2) is 12.9. The fourth-order valence-electron chi connectivity index (χ4n) is 5.90. The number of nitrogens with zero attached hydrogens (tertiary/aromatic N) is 4. The molecule has 0 bridgehead atoms. The van der Waals surface area contributed by atoms with Crippen molar-refractivity contribution in [1.82, 2.24) is 24.8 Å². The van der Waals surface area contributed by atoms with E-state index in [0.717, 1.165) is 64.9 Å². The van der Waals surface area contributed by atoms with Crippen LogP contribution in [0.5, 0.6) is 0 Å². The Bertz CT molecular complexity index is 1590. The number of hydrogen-bond acceptors (Lipinski definition) is 7. The molecule has 4 aromatic rings. The molecule has 0 radical (unpaired) electrons. The van der Waals surface area contributed by atoms with E-state index in [-0.39, 0.29) is 12.6 Å². The molecule has 0 aliphatic heterocycles. The SMILES string of the molecule is CC(C)(C)OC(=O)N(CCCCN(Cc1nccc2c1[nH]c1ccccc12)[C@H]1CCCc2cccnc21)C(=O)OC(C)(C)C. The quantitative estimate of drug-likeness (QED) is 0.205. The minimum atomic E-state index is -0.730. The van der Waals surface area contributed by atoms with Gasteiger partial charge in [0.05, 0.1) is 22.9 Å². The number of unbranched alkanes of at least 4 members (excludes halogenated alkanes) is 1. The first-order valence-electron chi connectivity index (χ1n) is 15.7. The third kappa shape index (κ3) is 7.56. The Labute approximate surface area is 259 Å². The number of aromatic amines is 1. The molecule has 1 aliphatic rings. The minimum Gasteiger partial charge on any atom is -0.443 e. The van der Waals surface area contributed by atoms with Crippen LogP contribution >= 0.6 is 0 Å². The zero-order chi connectivity index (χ0) is 31.5. The number of benzene rings is 1. The fraction of sp³-hybridized carbons (Fsp3) is 0.486. The first-order chi connectivity index (χ1) is 20.9.